The van der Waals surface area contributed by atoms with Crippen molar-refractivity contribution in [1.29, 1.82) is 0 Å². The summed E-state index contributed by atoms with van der Waals surface area (Å²) < 4.78 is 0.946. The first-order chi connectivity index (χ1) is 6.24. The Kier molecular flexibility index (Phi) is 4.32. The van der Waals surface area contributed by atoms with Crippen LogP contribution in [0.15, 0.2) is 17.0 Å². The van der Waals surface area contributed by atoms with Gasteiger partial charge in [0.15, 0.2) is 0 Å². The van der Waals surface area contributed by atoms with Crippen molar-refractivity contribution in [3.8, 4) is 0 Å². The third-order valence-electron chi connectivity index (χ3n) is 1.86. The number of nitrogens with zero attached hydrogens (tertiary/aromatic N) is 2. The second kappa shape index (κ2) is 5.29. The predicted molar refractivity (Wildman–Crippen MR) is 56.3 cm³/mol. The van der Waals surface area contributed by atoms with E-state index in [1.165, 1.54) is 0 Å². The van der Waals surface area contributed by atoms with E-state index in [-0.39, 0.29) is 6.04 Å². The lowest BCUT2D eigenvalue weighted by Crippen LogP contribution is -2.23. The average Bonchev–Trinajstić information content (AvgIpc) is 2.09. The van der Waals surface area contributed by atoms with E-state index in [4.69, 9.17) is 5.73 Å². The minimum atomic E-state index is 0.205. The summed E-state index contributed by atoms with van der Waals surface area (Å²) in [5.41, 5.74) is 6.90. The molecule has 0 aromatic carbocycles. The molecule has 0 aliphatic heterocycles. The van der Waals surface area contributed by atoms with Gasteiger partial charge in [-0.2, -0.15) is 0 Å². The van der Waals surface area contributed by atoms with E-state index < -0.39 is 0 Å². The van der Waals surface area contributed by atoms with E-state index in [0.29, 0.717) is 0 Å². The molecular formula is C9H14BrN3. The maximum atomic E-state index is 5.90. The Morgan fingerprint density at radius 1 is 1.62 bits per heavy atom. The maximum absolute atomic E-state index is 5.90. The molecule has 0 saturated heterocycles. The largest absolute Gasteiger partial charge is 0.327 e. The first-order valence-electron chi connectivity index (χ1n) is 4.44. The molecule has 0 spiro atoms. The van der Waals surface area contributed by atoms with E-state index in [0.717, 1.165) is 29.4 Å². The third-order valence-corrected chi connectivity index (χ3v) is 2.52. The van der Waals surface area contributed by atoms with Crippen LogP contribution in [0.2, 0.25) is 0 Å². The van der Waals surface area contributed by atoms with Gasteiger partial charge in [-0.15, -0.1) is 0 Å². The molecule has 1 atom stereocenters. The summed E-state index contributed by atoms with van der Waals surface area (Å²) in [5.74, 6) is 0. The summed E-state index contributed by atoms with van der Waals surface area (Å²) >= 11 is 3.40. The smallest absolute Gasteiger partial charge is 0.115 e. The Balaban J connectivity index is 2.58. The molecule has 1 aromatic heterocycles. The zero-order chi connectivity index (χ0) is 9.68. The van der Waals surface area contributed by atoms with Crippen molar-refractivity contribution >= 4 is 15.9 Å². The van der Waals surface area contributed by atoms with Crippen molar-refractivity contribution in [2.45, 2.75) is 32.2 Å². The van der Waals surface area contributed by atoms with Gasteiger partial charge in [-0.3, -0.25) is 0 Å². The highest BCUT2D eigenvalue weighted by Crippen LogP contribution is 2.14. The van der Waals surface area contributed by atoms with E-state index in [2.05, 4.69) is 32.8 Å². The van der Waals surface area contributed by atoms with Crippen molar-refractivity contribution in [3.63, 3.8) is 0 Å². The van der Waals surface area contributed by atoms with Crippen LogP contribution in [-0.4, -0.2) is 16.0 Å². The lowest BCUT2D eigenvalue weighted by Gasteiger charge is -2.09. The van der Waals surface area contributed by atoms with Gasteiger partial charge in [0.25, 0.3) is 0 Å². The molecule has 3 nitrogen and oxygen atoms in total. The van der Waals surface area contributed by atoms with Crippen LogP contribution < -0.4 is 5.73 Å². The summed E-state index contributed by atoms with van der Waals surface area (Å²) in [4.78, 5) is 8.06. The Morgan fingerprint density at radius 3 is 3.00 bits per heavy atom. The van der Waals surface area contributed by atoms with Crippen LogP contribution in [0.3, 0.4) is 0 Å². The summed E-state index contributed by atoms with van der Waals surface area (Å²) in [6.45, 7) is 2.13. The molecule has 1 aromatic rings. The van der Waals surface area contributed by atoms with E-state index in [1.807, 2.05) is 0 Å². The monoisotopic (exact) mass is 243 g/mol. The molecule has 0 fully saturated rings. The molecule has 1 heterocycles. The topological polar surface area (TPSA) is 51.8 Å². The lowest BCUT2D eigenvalue weighted by atomic mass is 10.1. The molecule has 4 heteroatoms. The zero-order valence-corrected chi connectivity index (χ0v) is 9.29. The molecule has 0 amide bonds. The number of nitrogens with two attached hydrogens (primary N) is 1. The van der Waals surface area contributed by atoms with Crippen molar-refractivity contribution in [2.24, 2.45) is 5.73 Å². The molecule has 2 N–H and O–H groups in total. The van der Waals surface area contributed by atoms with E-state index in [1.54, 1.807) is 12.5 Å². The molecular weight excluding hydrogens is 230 g/mol. The standard InChI is InChI=1S/C9H14BrN3/c1-2-3-7(11)4-9-8(10)5-12-6-13-9/h5-7H,2-4,11H2,1H3. The van der Waals surface area contributed by atoms with Gasteiger partial charge in [-0.1, -0.05) is 13.3 Å². The quantitative estimate of drug-likeness (QED) is 0.880. The first-order valence-corrected chi connectivity index (χ1v) is 5.23. The summed E-state index contributed by atoms with van der Waals surface area (Å²) in [7, 11) is 0. The highest BCUT2D eigenvalue weighted by atomic mass is 79.9. The highest BCUT2D eigenvalue weighted by Gasteiger charge is 2.06. The summed E-state index contributed by atoms with van der Waals surface area (Å²) in [6.07, 6.45) is 6.27. The molecule has 0 bridgehead atoms. The molecule has 1 rings (SSSR count). The lowest BCUT2D eigenvalue weighted by molar-refractivity contribution is 0.591. The number of hydrogen-bond donors (Lipinski definition) is 1. The van der Waals surface area contributed by atoms with Crippen LogP contribution in [0.25, 0.3) is 0 Å². The second-order valence-electron chi connectivity index (χ2n) is 3.07. The van der Waals surface area contributed by atoms with Crippen LogP contribution in [0.4, 0.5) is 0 Å². The van der Waals surface area contributed by atoms with Crippen LogP contribution in [0, 0.1) is 0 Å². The molecule has 72 valence electrons. The highest BCUT2D eigenvalue weighted by molar-refractivity contribution is 9.10. The van der Waals surface area contributed by atoms with Gasteiger partial charge < -0.3 is 5.73 Å². The van der Waals surface area contributed by atoms with E-state index >= 15 is 0 Å². The number of halogens is 1. The summed E-state index contributed by atoms with van der Waals surface area (Å²) in [6, 6.07) is 0.205. The fourth-order valence-corrected chi connectivity index (χ4v) is 1.59. The Hall–Kier alpha value is -0.480. The average molecular weight is 244 g/mol. The number of aromatic nitrogens is 2. The van der Waals surface area contributed by atoms with Crippen LogP contribution in [0.5, 0.6) is 0 Å². The van der Waals surface area contributed by atoms with Crippen molar-refractivity contribution in [3.05, 3.63) is 22.7 Å². The predicted octanol–water partition coefficient (Wildman–Crippen LogP) is 1.91. The zero-order valence-electron chi connectivity index (χ0n) is 7.70. The summed E-state index contributed by atoms with van der Waals surface area (Å²) in [5, 5.41) is 0. The van der Waals surface area contributed by atoms with Crippen molar-refractivity contribution < 1.29 is 0 Å². The van der Waals surface area contributed by atoms with Crippen LogP contribution in [0.1, 0.15) is 25.5 Å². The fourth-order valence-electron chi connectivity index (χ4n) is 1.21. The van der Waals surface area contributed by atoms with Gasteiger partial charge in [-0.05, 0) is 22.4 Å². The van der Waals surface area contributed by atoms with Crippen molar-refractivity contribution in [2.75, 3.05) is 0 Å². The first kappa shape index (κ1) is 10.6. The van der Waals surface area contributed by atoms with Gasteiger partial charge in [-0.25, -0.2) is 9.97 Å². The molecule has 1 unspecified atom stereocenters. The minimum Gasteiger partial charge on any atom is -0.327 e. The molecule has 0 aliphatic rings. The Morgan fingerprint density at radius 2 is 2.38 bits per heavy atom. The number of hydrogen-bond acceptors (Lipinski definition) is 3. The minimum absolute atomic E-state index is 0.205. The van der Waals surface area contributed by atoms with Crippen molar-refractivity contribution in [1.82, 2.24) is 9.97 Å². The van der Waals surface area contributed by atoms with Gasteiger partial charge in [0.2, 0.25) is 0 Å². The second-order valence-corrected chi connectivity index (χ2v) is 3.92. The molecule has 0 aliphatic carbocycles. The van der Waals surface area contributed by atoms with Crippen LogP contribution in [-0.2, 0) is 6.42 Å². The fraction of sp³-hybridized carbons (Fsp3) is 0.556. The van der Waals surface area contributed by atoms with Crippen LogP contribution >= 0.6 is 15.9 Å². The molecule has 0 radical (unpaired) electrons. The normalized spacial score (nSPS) is 12.8. The Bertz CT molecular complexity index is 265. The van der Waals surface area contributed by atoms with Gasteiger partial charge in [0.1, 0.15) is 6.33 Å². The number of rotatable bonds is 4. The maximum Gasteiger partial charge on any atom is 0.115 e. The third kappa shape index (κ3) is 3.40. The molecule has 13 heavy (non-hydrogen) atoms. The van der Waals surface area contributed by atoms with Gasteiger partial charge in [0, 0.05) is 18.7 Å². The van der Waals surface area contributed by atoms with Gasteiger partial charge >= 0.3 is 0 Å². The van der Waals surface area contributed by atoms with Gasteiger partial charge in [0.05, 0.1) is 10.2 Å². The van der Waals surface area contributed by atoms with E-state index in [9.17, 15) is 0 Å². The Labute approximate surface area is 86.9 Å². The SMILES string of the molecule is CCCC(N)Cc1ncncc1Br. The molecule has 0 saturated carbocycles.